The summed E-state index contributed by atoms with van der Waals surface area (Å²) in [6, 6.07) is 12.9. The first kappa shape index (κ1) is 17.1. The zero-order valence-corrected chi connectivity index (χ0v) is 14.2. The van der Waals surface area contributed by atoms with E-state index in [1.807, 2.05) is 42.5 Å². The summed E-state index contributed by atoms with van der Waals surface area (Å²) in [4.78, 5) is 14.2. The number of benzene rings is 2. The molecule has 0 saturated heterocycles. The summed E-state index contributed by atoms with van der Waals surface area (Å²) < 4.78 is 10.8. The Balaban J connectivity index is 1.72. The molecule has 0 bridgehead atoms. The van der Waals surface area contributed by atoms with Crippen molar-refractivity contribution in [2.24, 2.45) is 0 Å². The predicted octanol–water partition coefficient (Wildman–Crippen LogP) is 2.66. The van der Waals surface area contributed by atoms with Crippen molar-refractivity contribution < 1.29 is 19.4 Å². The van der Waals surface area contributed by atoms with Crippen LogP contribution >= 0.6 is 0 Å². The van der Waals surface area contributed by atoms with Gasteiger partial charge in [-0.2, -0.15) is 0 Å². The van der Waals surface area contributed by atoms with Crippen molar-refractivity contribution in [3.63, 3.8) is 0 Å². The van der Waals surface area contributed by atoms with E-state index >= 15 is 0 Å². The third kappa shape index (κ3) is 4.03. The summed E-state index contributed by atoms with van der Waals surface area (Å²) >= 11 is 0. The summed E-state index contributed by atoms with van der Waals surface area (Å²) in [6.07, 6.45) is 0.848. The molecule has 1 aliphatic heterocycles. The van der Waals surface area contributed by atoms with Crippen LogP contribution in [0.2, 0.25) is 0 Å². The maximum absolute atomic E-state index is 12.6. The van der Waals surface area contributed by atoms with Gasteiger partial charge in [0.05, 0.1) is 26.9 Å². The van der Waals surface area contributed by atoms with E-state index in [9.17, 15) is 9.90 Å². The van der Waals surface area contributed by atoms with Gasteiger partial charge in [-0.05, 0) is 29.8 Å². The number of nitrogens with zero attached hydrogens (tertiary/aromatic N) is 1. The summed E-state index contributed by atoms with van der Waals surface area (Å²) in [7, 11) is 1.60. The molecule has 0 spiro atoms. The highest BCUT2D eigenvalue weighted by Crippen LogP contribution is 2.28. The van der Waals surface area contributed by atoms with E-state index in [0.29, 0.717) is 18.9 Å². The summed E-state index contributed by atoms with van der Waals surface area (Å²) in [6.45, 7) is 1.15. The SMILES string of the molecule is COc1ccccc1CN(CCO)C(=O)Nc1ccc2c(c1)CCO2. The Hall–Kier alpha value is -2.73. The zero-order valence-electron chi connectivity index (χ0n) is 14.2. The average molecular weight is 342 g/mol. The quantitative estimate of drug-likeness (QED) is 0.847. The molecule has 2 N–H and O–H groups in total. The minimum absolute atomic E-state index is 0.111. The second-order valence-electron chi connectivity index (χ2n) is 5.81. The van der Waals surface area contributed by atoms with Crippen molar-refractivity contribution >= 4 is 11.7 Å². The van der Waals surface area contributed by atoms with Crippen LogP contribution in [-0.4, -0.2) is 42.9 Å². The van der Waals surface area contributed by atoms with E-state index in [1.165, 1.54) is 0 Å². The molecule has 2 amide bonds. The maximum Gasteiger partial charge on any atom is 0.322 e. The van der Waals surface area contributed by atoms with Crippen molar-refractivity contribution in [1.82, 2.24) is 4.90 Å². The minimum Gasteiger partial charge on any atom is -0.496 e. The van der Waals surface area contributed by atoms with Crippen molar-refractivity contribution in [2.45, 2.75) is 13.0 Å². The van der Waals surface area contributed by atoms with E-state index in [0.717, 1.165) is 29.0 Å². The van der Waals surface area contributed by atoms with Crippen molar-refractivity contribution in [3.05, 3.63) is 53.6 Å². The molecule has 2 aromatic rings. The molecule has 6 nitrogen and oxygen atoms in total. The number of para-hydroxylation sites is 1. The third-order valence-electron chi connectivity index (χ3n) is 4.15. The third-order valence-corrected chi connectivity index (χ3v) is 4.15. The van der Waals surface area contributed by atoms with Crippen molar-refractivity contribution in [2.75, 3.05) is 32.2 Å². The lowest BCUT2D eigenvalue weighted by atomic mass is 10.1. The van der Waals surface area contributed by atoms with E-state index in [-0.39, 0.29) is 19.2 Å². The van der Waals surface area contributed by atoms with E-state index in [2.05, 4.69) is 5.32 Å². The number of hydrogen-bond acceptors (Lipinski definition) is 4. The molecule has 0 radical (unpaired) electrons. The van der Waals surface area contributed by atoms with Crippen molar-refractivity contribution in [1.29, 1.82) is 0 Å². The maximum atomic E-state index is 12.6. The van der Waals surface area contributed by atoms with Gasteiger partial charge in [0, 0.05) is 24.2 Å². The van der Waals surface area contributed by atoms with Crippen LogP contribution in [0.5, 0.6) is 11.5 Å². The van der Waals surface area contributed by atoms with Crippen LogP contribution in [0.15, 0.2) is 42.5 Å². The Bertz CT molecular complexity index is 748. The number of methoxy groups -OCH3 is 1. The number of anilines is 1. The van der Waals surface area contributed by atoms with Crippen LogP contribution in [0.25, 0.3) is 0 Å². The van der Waals surface area contributed by atoms with E-state index in [1.54, 1.807) is 12.0 Å². The van der Waals surface area contributed by atoms with Gasteiger partial charge in [0.25, 0.3) is 0 Å². The monoisotopic (exact) mass is 342 g/mol. The predicted molar refractivity (Wildman–Crippen MR) is 95.1 cm³/mol. The van der Waals surface area contributed by atoms with Crippen LogP contribution < -0.4 is 14.8 Å². The molecule has 132 valence electrons. The molecule has 0 aromatic heterocycles. The van der Waals surface area contributed by atoms with Gasteiger partial charge in [-0.25, -0.2) is 4.79 Å². The molecule has 2 aromatic carbocycles. The standard InChI is InChI=1S/C19H22N2O4/c1-24-17-5-3-2-4-15(17)13-21(9-10-22)19(23)20-16-6-7-18-14(12-16)8-11-25-18/h2-7,12,22H,8-11,13H2,1H3,(H,20,23). The highest BCUT2D eigenvalue weighted by molar-refractivity contribution is 5.89. The molecule has 0 aliphatic carbocycles. The average Bonchev–Trinajstić information content (AvgIpc) is 3.09. The lowest BCUT2D eigenvalue weighted by Gasteiger charge is -2.23. The highest BCUT2D eigenvalue weighted by atomic mass is 16.5. The molecule has 0 unspecified atom stereocenters. The highest BCUT2D eigenvalue weighted by Gasteiger charge is 2.17. The number of aliphatic hydroxyl groups is 1. The van der Waals surface area contributed by atoms with Crippen LogP contribution in [0.1, 0.15) is 11.1 Å². The number of amides is 2. The number of aliphatic hydroxyl groups excluding tert-OH is 1. The first-order chi connectivity index (χ1) is 12.2. The second kappa shape index (κ2) is 7.90. The van der Waals surface area contributed by atoms with Gasteiger partial charge in [-0.1, -0.05) is 18.2 Å². The largest absolute Gasteiger partial charge is 0.496 e. The molecular formula is C19H22N2O4. The fourth-order valence-electron chi connectivity index (χ4n) is 2.88. The fraction of sp³-hybridized carbons (Fsp3) is 0.316. The Morgan fingerprint density at radius 3 is 2.96 bits per heavy atom. The molecule has 1 aliphatic rings. The van der Waals surface area contributed by atoms with E-state index in [4.69, 9.17) is 9.47 Å². The molecule has 1 heterocycles. The Kier molecular flexibility index (Phi) is 5.40. The Morgan fingerprint density at radius 1 is 1.32 bits per heavy atom. The van der Waals surface area contributed by atoms with Crippen molar-refractivity contribution in [3.8, 4) is 11.5 Å². The van der Waals surface area contributed by atoms with Gasteiger partial charge in [-0.15, -0.1) is 0 Å². The summed E-state index contributed by atoms with van der Waals surface area (Å²) in [5, 5.41) is 12.2. The molecule has 0 saturated carbocycles. The van der Waals surface area contributed by atoms with Crippen LogP contribution in [0.4, 0.5) is 10.5 Å². The number of fused-ring (bicyclic) bond motifs is 1. The number of ether oxygens (including phenoxy) is 2. The molecule has 3 rings (SSSR count). The lowest BCUT2D eigenvalue weighted by molar-refractivity contribution is 0.184. The van der Waals surface area contributed by atoms with Gasteiger partial charge in [0.15, 0.2) is 0 Å². The molecule has 0 atom stereocenters. The van der Waals surface area contributed by atoms with Gasteiger partial charge >= 0.3 is 6.03 Å². The minimum atomic E-state index is -0.265. The number of urea groups is 1. The van der Waals surface area contributed by atoms with Gasteiger partial charge < -0.3 is 24.8 Å². The number of carbonyl (C=O) groups excluding carboxylic acids is 1. The van der Waals surface area contributed by atoms with Crippen LogP contribution in [0.3, 0.4) is 0 Å². The molecule has 25 heavy (non-hydrogen) atoms. The van der Waals surface area contributed by atoms with Gasteiger partial charge in [-0.3, -0.25) is 0 Å². The van der Waals surface area contributed by atoms with E-state index < -0.39 is 0 Å². The first-order valence-electron chi connectivity index (χ1n) is 8.25. The smallest absolute Gasteiger partial charge is 0.322 e. The van der Waals surface area contributed by atoms with Gasteiger partial charge in [0.2, 0.25) is 0 Å². The molecular weight excluding hydrogens is 320 g/mol. The van der Waals surface area contributed by atoms with Crippen LogP contribution in [0, 0.1) is 0 Å². The van der Waals surface area contributed by atoms with Gasteiger partial charge in [0.1, 0.15) is 11.5 Å². The topological polar surface area (TPSA) is 71.0 Å². The lowest BCUT2D eigenvalue weighted by Crippen LogP contribution is -2.36. The number of nitrogens with one attached hydrogen (secondary N) is 1. The summed E-state index contributed by atoms with van der Waals surface area (Å²) in [5.41, 5.74) is 2.70. The van der Waals surface area contributed by atoms with Crippen LogP contribution in [-0.2, 0) is 13.0 Å². The number of hydrogen-bond donors (Lipinski definition) is 2. The number of carbonyl (C=O) groups is 1. The first-order valence-corrected chi connectivity index (χ1v) is 8.25. The summed E-state index contributed by atoms with van der Waals surface area (Å²) in [5.74, 6) is 1.59. The Labute approximate surface area is 147 Å². The normalized spacial score (nSPS) is 12.2. The second-order valence-corrected chi connectivity index (χ2v) is 5.81. The molecule has 6 heteroatoms. The molecule has 0 fully saturated rings. The fourth-order valence-corrected chi connectivity index (χ4v) is 2.88. The number of rotatable bonds is 6. The zero-order chi connectivity index (χ0) is 17.6. The Morgan fingerprint density at radius 2 is 2.16 bits per heavy atom.